The number of thiocarbonyl (C=S) groups is 1. The summed E-state index contributed by atoms with van der Waals surface area (Å²) in [7, 11) is 1.35. The Morgan fingerprint density at radius 3 is 2.75 bits per heavy atom. The summed E-state index contributed by atoms with van der Waals surface area (Å²) in [5, 5.41) is 11.9. The van der Waals surface area contributed by atoms with Crippen molar-refractivity contribution >= 4 is 57.2 Å². The second-order valence-corrected chi connectivity index (χ2v) is 7.75. The van der Waals surface area contributed by atoms with Crippen molar-refractivity contribution < 1.29 is 9.53 Å². The molecule has 7 nitrogen and oxygen atoms in total. The van der Waals surface area contributed by atoms with Crippen LogP contribution in [0.2, 0.25) is 5.02 Å². The summed E-state index contributed by atoms with van der Waals surface area (Å²) in [5.41, 5.74) is 1.50. The molecule has 0 fully saturated rings. The van der Waals surface area contributed by atoms with Crippen LogP contribution in [0.3, 0.4) is 0 Å². The number of anilines is 2. The highest BCUT2D eigenvalue weighted by molar-refractivity contribution is 7.80. The first-order chi connectivity index (χ1) is 13.5. The number of benzene rings is 1. The summed E-state index contributed by atoms with van der Waals surface area (Å²) < 4.78 is 6.52. The molecule has 0 aliphatic rings. The Morgan fingerprint density at radius 2 is 2.07 bits per heavy atom. The molecule has 146 valence electrons. The molecule has 0 radical (unpaired) electrons. The van der Waals surface area contributed by atoms with Crippen LogP contribution in [0.25, 0.3) is 0 Å². The third-order valence-electron chi connectivity index (χ3n) is 3.78. The average Bonchev–Trinajstić information content (AvgIpc) is 3.29. The number of thiophene rings is 1. The van der Waals surface area contributed by atoms with Gasteiger partial charge in [0.25, 0.3) is 0 Å². The maximum atomic E-state index is 11.9. The van der Waals surface area contributed by atoms with Gasteiger partial charge in [-0.2, -0.15) is 0 Å². The van der Waals surface area contributed by atoms with Crippen molar-refractivity contribution in [3.05, 3.63) is 57.7 Å². The van der Waals surface area contributed by atoms with Gasteiger partial charge >= 0.3 is 5.97 Å². The Hall–Kier alpha value is -2.49. The molecule has 0 atom stereocenters. The zero-order valence-electron chi connectivity index (χ0n) is 15.2. The van der Waals surface area contributed by atoms with Gasteiger partial charge in [-0.1, -0.05) is 30.7 Å². The van der Waals surface area contributed by atoms with Crippen LogP contribution in [0, 0.1) is 0 Å². The number of nitrogens with zero attached hydrogens (tertiary/aromatic N) is 3. The fourth-order valence-electron chi connectivity index (χ4n) is 2.41. The second-order valence-electron chi connectivity index (χ2n) is 5.77. The summed E-state index contributed by atoms with van der Waals surface area (Å²) in [6.45, 7) is 2.58. The number of halogens is 1. The van der Waals surface area contributed by atoms with E-state index in [2.05, 4.69) is 20.7 Å². The van der Waals surface area contributed by atoms with Crippen molar-refractivity contribution in [2.75, 3.05) is 17.7 Å². The quantitative estimate of drug-likeness (QED) is 0.443. The number of aromatic nitrogens is 3. The van der Waals surface area contributed by atoms with Crippen LogP contribution in [0.15, 0.2) is 36.7 Å². The predicted octanol–water partition coefficient (Wildman–Crippen LogP) is 4.20. The third-order valence-corrected chi connectivity index (χ3v) is 5.43. The van der Waals surface area contributed by atoms with Crippen molar-refractivity contribution in [2.24, 2.45) is 0 Å². The molecule has 0 amide bonds. The van der Waals surface area contributed by atoms with E-state index in [0.29, 0.717) is 33.2 Å². The summed E-state index contributed by atoms with van der Waals surface area (Å²) >= 11 is 12.7. The van der Waals surface area contributed by atoms with E-state index < -0.39 is 5.97 Å². The monoisotopic (exact) mass is 435 g/mol. The molecule has 3 rings (SSSR count). The number of carbonyl (C=O) groups excluding carboxylic acids is 1. The number of ether oxygens (including phenoxy) is 1. The minimum absolute atomic E-state index is 0.291. The fraction of sp³-hybridized carbons (Fsp3) is 0.222. The van der Waals surface area contributed by atoms with Crippen molar-refractivity contribution in [1.29, 1.82) is 0 Å². The molecule has 0 saturated carbocycles. The lowest BCUT2D eigenvalue weighted by atomic mass is 10.2. The van der Waals surface area contributed by atoms with Crippen LogP contribution < -0.4 is 10.6 Å². The standard InChI is InChI=1S/C18H18ClN5O2S2/c1-3-13-8-14(16(25)26-2)15(28-13)21-18(27)22-17-20-10-24(23-17)9-11-4-6-12(19)7-5-11/h4-8,10H,3,9H2,1-2H3,(H2,21,22,23,27). The van der Waals surface area contributed by atoms with Gasteiger partial charge in [0.05, 0.1) is 19.2 Å². The van der Waals surface area contributed by atoms with Gasteiger partial charge in [-0.3, -0.25) is 5.32 Å². The van der Waals surface area contributed by atoms with Gasteiger partial charge in [0.1, 0.15) is 11.3 Å². The molecule has 0 unspecified atom stereocenters. The van der Waals surface area contributed by atoms with E-state index in [0.717, 1.165) is 16.9 Å². The Bertz CT molecular complexity index is 984. The highest BCUT2D eigenvalue weighted by Crippen LogP contribution is 2.29. The lowest BCUT2D eigenvalue weighted by Gasteiger charge is -2.07. The van der Waals surface area contributed by atoms with E-state index in [-0.39, 0.29) is 0 Å². The van der Waals surface area contributed by atoms with Gasteiger partial charge in [-0.25, -0.2) is 14.5 Å². The zero-order chi connectivity index (χ0) is 20.1. The van der Waals surface area contributed by atoms with Gasteiger partial charge < -0.3 is 10.1 Å². The Labute approximate surface area is 176 Å². The molecule has 0 saturated heterocycles. The van der Waals surface area contributed by atoms with Gasteiger partial charge in [-0.05, 0) is 42.4 Å². The maximum Gasteiger partial charge on any atom is 0.340 e. The highest BCUT2D eigenvalue weighted by atomic mass is 35.5. The van der Waals surface area contributed by atoms with E-state index in [9.17, 15) is 4.79 Å². The maximum absolute atomic E-state index is 11.9. The minimum atomic E-state index is -0.411. The number of hydrogen-bond acceptors (Lipinski definition) is 6. The van der Waals surface area contributed by atoms with E-state index >= 15 is 0 Å². The van der Waals surface area contributed by atoms with E-state index in [1.807, 2.05) is 31.2 Å². The number of hydrogen-bond donors (Lipinski definition) is 2. The summed E-state index contributed by atoms with van der Waals surface area (Å²) in [5.74, 6) is -0.0510. The third kappa shape index (κ3) is 5.06. The Morgan fingerprint density at radius 1 is 1.32 bits per heavy atom. The molecule has 2 N–H and O–H groups in total. The van der Waals surface area contributed by atoms with Crippen molar-refractivity contribution in [2.45, 2.75) is 19.9 Å². The zero-order valence-corrected chi connectivity index (χ0v) is 17.6. The number of esters is 1. The van der Waals surface area contributed by atoms with E-state index in [1.54, 1.807) is 17.1 Å². The first-order valence-corrected chi connectivity index (χ1v) is 10.0. The Kier molecular flexibility index (Phi) is 6.61. The number of aryl methyl sites for hydroxylation is 1. The molecule has 2 aromatic heterocycles. The molecule has 0 spiro atoms. The van der Waals surface area contributed by atoms with Gasteiger partial charge in [-0.15, -0.1) is 16.4 Å². The molecule has 3 aromatic rings. The summed E-state index contributed by atoms with van der Waals surface area (Å²) in [6, 6.07) is 9.33. The fourth-order valence-corrected chi connectivity index (χ4v) is 3.78. The number of methoxy groups -OCH3 is 1. The molecule has 0 bridgehead atoms. The van der Waals surface area contributed by atoms with E-state index in [1.165, 1.54) is 18.4 Å². The van der Waals surface area contributed by atoms with Crippen LogP contribution in [-0.2, 0) is 17.7 Å². The molecule has 2 heterocycles. The van der Waals surface area contributed by atoms with Gasteiger partial charge in [0, 0.05) is 9.90 Å². The van der Waals surface area contributed by atoms with Crippen molar-refractivity contribution in [3.8, 4) is 0 Å². The molecule has 1 aromatic carbocycles. The van der Waals surface area contributed by atoms with Crippen LogP contribution in [0.1, 0.15) is 27.7 Å². The Balaban J connectivity index is 1.64. The molecule has 10 heteroatoms. The number of rotatable bonds is 6. The highest BCUT2D eigenvalue weighted by Gasteiger charge is 2.17. The molecule has 28 heavy (non-hydrogen) atoms. The normalized spacial score (nSPS) is 10.5. The average molecular weight is 436 g/mol. The topological polar surface area (TPSA) is 81.1 Å². The smallest absolute Gasteiger partial charge is 0.340 e. The molecular weight excluding hydrogens is 418 g/mol. The summed E-state index contributed by atoms with van der Waals surface area (Å²) in [4.78, 5) is 17.2. The number of carbonyl (C=O) groups is 1. The van der Waals surface area contributed by atoms with Crippen LogP contribution in [0.4, 0.5) is 10.9 Å². The minimum Gasteiger partial charge on any atom is -0.465 e. The lowest BCUT2D eigenvalue weighted by Crippen LogP contribution is -2.20. The first kappa shape index (κ1) is 20.2. The van der Waals surface area contributed by atoms with Crippen molar-refractivity contribution in [3.63, 3.8) is 0 Å². The molecule has 0 aliphatic heterocycles. The first-order valence-electron chi connectivity index (χ1n) is 8.41. The van der Waals surface area contributed by atoms with Crippen molar-refractivity contribution in [1.82, 2.24) is 14.8 Å². The lowest BCUT2D eigenvalue weighted by molar-refractivity contribution is 0.0602. The van der Waals surface area contributed by atoms with Crippen LogP contribution >= 0.6 is 35.2 Å². The summed E-state index contributed by atoms with van der Waals surface area (Å²) in [6.07, 6.45) is 2.42. The van der Waals surface area contributed by atoms with Crippen LogP contribution in [0.5, 0.6) is 0 Å². The second kappa shape index (κ2) is 9.13. The largest absolute Gasteiger partial charge is 0.465 e. The molecular formula is C18H18ClN5O2S2. The molecule has 0 aliphatic carbocycles. The van der Waals surface area contributed by atoms with Crippen LogP contribution in [-0.4, -0.2) is 33.0 Å². The van der Waals surface area contributed by atoms with Gasteiger partial charge in [0.2, 0.25) is 5.95 Å². The van der Waals surface area contributed by atoms with Gasteiger partial charge in [0.15, 0.2) is 5.11 Å². The predicted molar refractivity (Wildman–Crippen MR) is 115 cm³/mol. The number of nitrogens with one attached hydrogen (secondary N) is 2. The van der Waals surface area contributed by atoms with E-state index in [4.69, 9.17) is 28.6 Å². The SMILES string of the molecule is CCc1cc(C(=O)OC)c(NC(=S)Nc2ncn(Cc3ccc(Cl)cc3)n2)s1.